The van der Waals surface area contributed by atoms with Crippen LogP contribution in [-0.4, -0.2) is 29.0 Å². The molecule has 0 saturated carbocycles. The number of rotatable bonds is 14. The zero-order valence-electron chi connectivity index (χ0n) is 13.7. The summed E-state index contributed by atoms with van der Waals surface area (Å²) < 4.78 is 0. The lowest BCUT2D eigenvalue weighted by Gasteiger charge is -2.15. The summed E-state index contributed by atoms with van der Waals surface area (Å²) >= 11 is 0. The van der Waals surface area contributed by atoms with Gasteiger partial charge in [-0.05, 0) is 12.3 Å². The molecule has 2 atom stereocenters. The third-order valence-electron chi connectivity index (χ3n) is 3.99. The second-order valence-electron chi connectivity index (χ2n) is 6.57. The van der Waals surface area contributed by atoms with Crippen molar-refractivity contribution >= 4 is 0 Å². The van der Waals surface area contributed by atoms with Gasteiger partial charge in [0.25, 0.3) is 0 Å². The summed E-state index contributed by atoms with van der Waals surface area (Å²) in [5.41, 5.74) is 5.56. The summed E-state index contributed by atoms with van der Waals surface area (Å²) in [6.45, 7) is 4.46. The minimum absolute atomic E-state index is 0.127. The molecule has 3 heteroatoms. The van der Waals surface area contributed by atoms with Crippen molar-refractivity contribution in [1.82, 2.24) is 0 Å². The molecule has 0 aliphatic rings. The first-order valence-electron chi connectivity index (χ1n) is 8.62. The molecular weight excluding hydrogens is 250 g/mol. The molecule has 0 bridgehead atoms. The third-order valence-corrected chi connectivity index (χ3v) is 3.99. The fourth-order valence-electron chi connectivity index (χ4n) is 2.48. The van der Waals surface area contributed by atoms with E-state index in [2.05, 4.69) is 13.8 Å². The summed E-state index contributed by atoms with van der Waals surface area (Å²) in [5.74, 6) is 0.851. The Morgan fingerprint density at radius 2 is 1.15 bits per heavy atom. The number of hydrogen-bond acceptors (Lipinski definition) is 3. The number of aliphatic hydroxyl groups excluding tert-OH is 2. The Hall–Kier alpha value is -0.120. The molecular formula is C17H37NO2. The highest BCUT2D eigenvalue weighted by atomic mass is 16.3. The lowest BCUT2D eigenvalue weighted by molar-refractivity contribution is 0.0990. The van der Waals surface area contributed by atoms with Gasteiger partial charge in [0.15, 0.2) is 0 Å². The van der Waals surface area contributed by atoms with Crippen molar-refractivity contribution in [2.45, 2.75) is 96.6 Å². The van der Waals surface area contributed by atoms with Crippen LogP contribution in [0.25, 0.3) is 0 Å². The highest BCUT2D eigenvalue weighted by Crippen LogP contribution is 2.14. The Morgan fingerprint density at radius 1 is 0.750 bits per heavy atom. The van der Waals surface area contributed by atoms with Crippen LogP contribution in [0.3, 0.4) is 0 Å². The lowest BCUT2D eigenvalue weighted by atomic mass is 10.0. The fourth-order valence-corrected chi connectivity index (χ4v) is 2.48. The van der Waals surface area contributed by atoms with Gasteiger partial charge in [-0.15, -0.1) is 0 Å². The molecule has 0 rings (SSSR count). The first kappa shape index (κ1) is 19.9. The molecule has 0 saturated heterocycles. The maximum absolute atomic E-state index is 9.59. The molecule has 0 aromatic heterocycles. The van der Waals surface area contributed by atoms with Crippen LogP contribution in [0.1, 0.15) is 84.5 Å². The first-order valence-corrected chi connectivity index (χ1v) is 8.62. The third kappa shape index (κ3) is 12.9. The Kier molecular flexibility index (Phi) is 13.8. The molecule has 0 aliphatic heterocycles. The molecule has 0 amide bonds. The van der Waals surface area contributed by atoms with Gasteiger partial charge in [-0.2, -0.15) is 0 Å². The van der Waals surface area contributed by atoms with Gasteiger partial charge in [0.2, 0.25) is 0 Å². The van der Waals surface area contributed by atoms with Crippen LogP contribution in [0, 0.1) is 5.92 Å². The highest BCUT2D eigenvalue weighted by Gasteiger charge is 2.12. The smallest absolute Gasteiger partial charge is 0.0713 e. The minimum atomic E-state index is -0.541. The van der Waals surface area contributed by atoms with E-state index < -0.39 is 12.1 Å². The molecule has 0 heterocycles. The summed E-state index contributed by atoms with van der Waals surface area (Å²) in [5, 5.41) is 18.4. The van der Waals surface area contributed by atoms with E-state index in [4.69, 9.17) is 10.8 Å². The second-order valence-corrected chi connectivity index (χ2v) is 6.57. The molecule has 122 valence electrons. The van der Waals surface area contributed by atoms with Gasteiger partial charge in [-0.25, -0.2) is 0 Å². The van der Waals surface area contributed by atoms with Crippen molar-refractivity contribution in [3.8, 4) is 0 Å². The summed E-state index contributed by atoms with van der Waals surface area (Å²) in [6.07, 6.45) is 13.2. The van der Waals surface area contributed by atoms with Gasteiger partial charge >= 0.3 is 0 Å². The van der Waals surface area contributed by atoms with E-state index in [-0.39, 0.29) is 6.61 Å². The topological polar surface area (TPSA) is 66.5 Å². The Balaban J connectivity index is 3.13. The van der Waals surface area contributed by atoms with E-state index >= 15 is 0 Å². The molecule has 0 aliphatic carbocycles. The van der Waals surface area contributed by atoms with Crippen molar-refractivity contribution in [3.05, 3.63) is 0 Å². The van der Waals surface area contributed by atoms with Crippen LogP contribution in [0.4, 0.5) is 0 Å². The van der Waals surface area contributed by atoms with E-state index in [0.29, 0.717) is 0 Å². The molecule has 3 nitrogen and oxygen atoms in total. The molecule has 0 aromatic rings. The number of unbranched alkanes of at least 4 members (excludes halogenated alkanes) is 8. The van der Waals surface area contributed by atoms with Gasteiger partial charge in [0.1, 0.15) is 0 Å². The molecule has 0 aromatic carbocycles. The second kappa shape index (κ2) is 13.8. The van der Waals surface area contributed by atoms with E-state index in [0.717, 1.165) is 18.8 Å². The normalized spacial score (nSPS) is 14.7. The zero-order chi connectivity index (χ0) is 15.2. The monoisotopic (exact) mass is 287 g/mol. The summed E-state index contributed by atoms with van der Waals surface area (Å²) in [7, 11) is 0. The lowest BCUT2D eigenvalue weighted by Crippen LogP contribution is -2.37. The van der Waals surface area contributed by atoms with Crippen molar-refractivity contribution in [1.29, 1.82) is 0 Å². The predicted molar refractivity (Wildman–Crippen MR) is 86.7 cm³/mol. The van der Waals surface area contributed by atoms with Gasteiger partial charge in [-0.3, -0.25) is 0 Å². The fraction of sp³-hybridized carbons (Fsp3) is 1.00. The van der Waals surface area contributed by atoms with Crippen molar-refractivity contribution in [3.63, 3.8) is 0 Å². The predicted octanol–water partition coefficient (Wildman–Crippen LogP) is 3.61. The zero-order valence-corrected chi connectivity index (χ0v) is 13.7. The highest BCUT2D eigenvalue weighted by molar-refractivity contribution is 4.70. The Bertz CT molecular complexity index is 197. The average molecular weight is 287 g/mol. The molecule has 0 fully saturated rings. The van der Waals surface area contributed by atoms with Gasteiger partial charge < -0.3 is 15.9 Å². The number of nitrogens with two attached hydrogens (primary N) is 1. The van der Waals surface area contributed by atoms with E-state index in [1.807, 2.05) is 0 Å². The van der Waals surface area contributed by atoms with Gasteiger partial charge in [-0.1, -0.05) is 78.1 Å². The number of hydrogen-bond donors (Lipinski definition) is 3. The molecule has 20 heavy (non-hydrogen) atoms. The van der Waals surface area contributed by atoms with Crippen LogP contribution in [0.5, 0.6) is 0 Å². The molecule has 0 unspecified atom stereocenters. The average Bonchev–Trinajstić information content (AvgIpc) is 2.43. The van der Waals surface area contributed by atoms with Gasteiger partial charge in [0.05, 0.1) is 18.8 Å². The number of aliphatic hydroxyl groups is 2. The molecule has 0 spiro atoms. The van der Waals surface area contributed by atoms with E-state index in [1.54, 1.807) is 0 Å². The van der Waals surface area contributed by atoms with Crippen molar-refractivity contribution in [2.24, 2.45) is 11.7 Å². The standard InChI is InChI=1S/C17H37NO2/c1-15(2)12-10-8-6-4-3-5-7-9-11-13-17(20)16(18)14-19/h15-17,19-20H,3-14,18H2,1-2H3/t16-,17+/m0/s1. The van der Waals surface area contributed by atoms with Crippen LogP contribution >= 0.6 is 0 Å². The van der Waals surface area contributed by atoms with Crippen molar-refractivity contribution < 1.29 is 10.2 Å². The first-order chi connectivity index (χ1) is 9.57. The minimum Gasteiger partial charge on any atom is -0.395 e. The van der Waals surface area contributed by atoms with E-state index in [9.17, 15) is 5.11 Å². The molecule has 4 N–H and O–H groups in total. The quantitative estimate of drug-likeness (QED) is 0.428. The maximum Gasteiger partial charge on any atom is 0.0713 e. The van der Waals surface area contributed by atoms with Crippen LogP contribution in [0.15, 0.2) is 0 Å². The Morgan fingerprint density at radius 3 is 1.55 bits per heavy atom. The SMILES string of the molecule is CC(C)CCCCCCCCCCC[C@@H](O)[C@@H](N)CO. The molecule has 0 radical (unpaired) electrons. The van der Waals surface area contributed by atoms with E-state index in [1.165, 1.54) is 57.8 Å². The van der Waals surface area contributed by atoms with Gasteiger partial charge in [0, 0.05) is 0 Å². The Labute approximate surface area is 126 Å². The van der Waals surface area contributed by atoms with Crippen LogP contribution < -0.4 is 5.73 Å². The maximum atomic E-state index is 9.59. The summed E-state index contributed by atoms with van der Waals surface area (Å²) in [6, 6.07) is -0.471. The van der Waals surface area contributed by atoms with Crippen LogP contribution in [-0.2, 0) is 0 Å². The van der Waals surface area contributed by atoms with Crippen LogP contribution in [0.2, 0.25) is 0 Å². The summed E-state index contributed by atoms with van der Waals surface area (Å²) in [4.78, 5) is 0. The van der Waals surface area contributed by atoms with Crippen molar-refractivity contribution in [2.75, 3.05) is 6.61 Å². The largest absolute Gasteiger partial charge is 0.395 e.